The average Bonchev–Trinajstić information content (AvgIpc) is 1.87. The van der Waals surface area contributed by atoms with Crippen LogP contribution in [-0.4, -0.2) is 24.6 Å². The Balaban J connectivity index is 3.12. The van der Waals surface area contributed by atoms with Gasteiger partial charge in [0.25, 0.3) is 0 Å². The molecular weight excluding hydrogens is 154 g/mol. The Hall–Kier alpha value is -0.280. The summed E-state index contributed by atoms with van der Waals surface area (Å²) in [6.45, 7) is 4.03. The summed E-state index contributed by atoms with van der Waals surface area (Å²) in [4.78, 5) is 10.5. The van der Waals surface area contributed by atoms with Crippen molar-refractivity contribution >= 4 is 17.5 Å². The van der Waals surface area contributed by atoms with Crippen molar-refractivity contribution in [2.75, 3.05) is 12.6 Å². The van der Waals surface area contributed by atoms with E-state index in [9.17, 15) is 4.79 Å². The number of hydrogen-bond donors (Lipinski definition) is 1. The molecule has 0 unspecified atom stereocenters. The summed E-state index contributed by atoms with van der Waals surface area (Å²) in [5.74, 6) is -0.219. The minimum atomic E-state index is -0.206. The number of halogens is 1. The smallest absolute Gasteiger partial charge is 0.236 e. The normalized spacial score (nSPS) is 10.0. The Bertz CT molecular complexity index is 106. The summed E-state index contributed by atoms with van der Waals surface area (Å²) in [6, 6.07) is 0. The standard InChI is InChI=1S/C6H12ClNO2/c1-5(2)10-4-8-6(9)3-7/h5H,3-4H2,1-2H3,(H,8,9). The molecule has 1 N–H and O–H groups in total. The quantitative estimate of drug-likeness (QED) is 0.493. The number of hydrogen-bond acceptors (Lipinski definition) is 2. The van der Waals surface area contributed by atoms with Gasteiger partial charge in [0, 0.05) is 0 Å². The maximum atomic E-state index is 10.5. The topological polar surface area (TPSA) is 38.3 Å². The molecule has 0 radical (unpaired) electrons. The highest BCUT2D eigenvalue weighted by Crippen LogP contribution is 1.84. The van der Waals surface area contributed by atoms with Gasteiger partial charge in [-0.2, -0.15) is 0 Å². The van der Waals surface area contributed by atoms with Gasteiger partial charge in [-0.15, -0.1) is 11.6 Å². The molecule has 0 aromatic rings. The van der Waals surface area contributed by atoms with Gasteiger partial charge >= 0.3 is 0 Å². The number of rotatable bonds is 4. The lowest BCUT2D eigenvalue weighted by atomic mass is 10.5. The van der Waals surface area contributed by atoms with E-state index in [4.69, 9.17) is 16.3 Å². The zero-order chi connectivity index (χ0) is 7.98. The van der Waals surface area contributed by atoms with Gasteiger partial charge in [0.15, 0.2) is 0 Å². The predicted octanol–water partition coefficient (Wildman–Crippen LogP) is 0.724. The Morgan fingerprint density at radius 2 is 2.30 bits per heavy atom. The highest BCUT2D eigenvalue weighted by atomic mass is 35.5. The van der Waals surface area contributed by atoms with Gasteiger partial charge in [-0.25, -0.2) is 0 Å². The molecule has 0 saturated heterocycles. The van der Waals surface area contributed by atoms with E-state index in [1.165, 1.54) is 0 Å². The maximum Gasteiger partial charge on any atom is 0.236 e. The highest BCUT2D eigenvalue weighted by molar-refractivity contribution is 6.27. The fourth-order valence-electron chi connectivity index (χ4n) is 0.336. The molecule has 0 aliphatic carbocycles. The second kappa shape index (κ2) is 5.50. The van der Waals surface area contributed by atoms with Crippen molar-refractivity contribution in [3.05, 3.63) is 0 Å². The van der Waals surface area contributed by atoms with Crippen molar-refractivity contribution in [1.82, 2.24) is 5.32 Å². The van der Waals surface area contributed by atoms with Gasteiger partial charge in [-0.3, -0.25) is 4.79 Å². The molecule has 0 saturated carbocycles. The first-order valence-electron chi connectivity index (χ1n) is 3.11. The molecule has 0 atom stereocenters. The van der Waals surface area contributed by atoms with Gasteiger partial charge in [-0.1, -0.05) is 0 Å². The van der Waals surface area contributed by atoms with E-state index in [1.807, 2.05) is 13.8 Å². The molecule has 0 aliphatic heterocycles. The number of nitrogens with one attached hydrogen (secondary N) is 1. The maximum absolute atomic E-state index is 10.5. The number of carbonyl (C=O) groups excluding carboxylic acids is 1. The van der Waals surface area contributed by atoms with Crippen LogP contribution in [0.4, 0.5) is 0 Å². The molecule has 4 heteroatoms. The molecule has 0 aromatic carbocycles. The van der Waals surface area contributed by atoms with Crippen molar-refractivity contribution in [2.45, 2.75) is 20.0 Å². The van der Waals surface area contributed by atoms with Crippen LogP contribution < -0.4 is 5.32 Å². The Kier molecular flexibility index (Phi) is 5.35. The van der Waals surface area contributed by atoms with Gasteiger partial charge in [0.1, 0.15) is 12.6 Å². The molecule has 0 rings (SSSR count). The number of alkyl halides is 1. The first kappa shape index (κ1) is 9.72. The van der Waals surface area contributed by atoms with Crippen molar-refractivity contribution < 1.29 is 9.53 Å². The van der Waals surface area contributed by atoms with Crippen molar-refractivity contribution in [2.24, 2.45) is 0 Å². The van der Waals surface area contributed by atoms with Crippen LogP contribution >= 0.6 is 11.6 Å². The molecular formula is C6H12ClNO2. The van der Waals surface area contributed by atoms with Crippen molar-refractivity contribution in [1.29, 1.82) is 0 Å². The minimum Gasteiger partial charge on any atom is -0.359 e. The van der Waals surface area contributed by atoms with E-state index >= 15 is 0 Å². The highest BCUT2D eigenvalue weighted by Gasteiger charge is 1.96. The average molecular weight is 166 g/mol. The summed E-state index contributed by atoms with van der Waals surface area (Å²) in [5, 5.41) is 2.47. The summed E-state index contributed by atoms with van der Waals surface area (Å²) >= 11 is 5.20. The Morgan fingerprint density at radius 3 is 2.70 bits per heavy atom. The summed E-state index contributed by atoms with van der Waals surface area (Å²) in [7, 11) is 0. The van der Waals surface area contributed by atoms with E-state index in [0.29, 0.717) is 0 Å². The first-order chi connectivity index (χ1) is 4.66. The molecule has 0 aromatic heterocycles. The number of amides is 1. The second-order valence-corrected chi connectivity index (χ2v) is 2.36. The first-order valence-corrected chi connectivity index (χ1v) is 3.64. The third kappa shape index (κ3) is 5.85. The monoisotopic (exact) mass is 165 g/mol. The third-order valence-electron chi connectivity index (χ3n) is 0.807. The molecule has 0 spiro atoms. The molecule has 0 heterocycles. The van der Waals surface area contributed by atoms with Gasteiger partial charge in [0.05, 0.1) is 6.10 Å². The lowest BCUT2D eigenvalue weighted by Crippen LogP contribution is -2.28. The van der Waals surface area contributed by atoms with Crippen LogP contribution in [0.15, 0.2) is 0 Å². The van der Waals surface area contributed by atoms with Gasteiger partial charge in [0.2, 0.25) is 5.91 Å². The largest absolute Gasteiger partial charge is 0.359 e. The number of ether oxygens (including phenoxy) is 1. The predicted molar refractivity (Wildman–Crippen MR) is 40.0 cm³/mol. The molecule has 0 bridgehead atoms. The van der Waals surface area contributed by atoms with Gasteiger partial charge in [-0.05, 0) is 13.8 Å². The second-order valence-electron chi connectivity index (χ2n) is 2.09. The van der Waals surface area contributed by atoms with E-state index in [-0.39, 0.29) is 24.6 Å². The minimum absolute atomic E-state index is 0.0124. The molecule has 3 nitrogen and oxygen atoms in total. The van der Waals surface area contributed by atoms with Gasteiger partial charge < -0.3 is 10.1 Å². The van der Waals surface area contributed by atoms with Crippen LogP contribution in [0.5, 0.6) is 0 Å². The summed E-state index contributed by atoms with van der Waals surface area (Å²) in [5.41, 5.74) is 0. The zero-order valence-electron chi connectivity index (χ0n) is 6.19. The van der Waals surface area contributed by atoms with E-state index in [1.54, 1.807) is 0 Å². The number of carbonyl (C=O) groups is 1. The molecule has 1 amide bonds. The third-order valence-corrected chi connectivity index (χ3v) is 1.05. The molecule has 0 aliphatic rings. The molecule has 0 fully saturated rings. The Morgan fingerprint density at radius 1 is 1.70 bits per heavy atom. The lowest BCUT2D eigenvalue weighted by molar-refractivity contribution is -0.120. The van der Waals surface area contributed by atoms with Crippen molar-refractivity contribution in [3.8, 4) is 0 Å². The molecule has 10 heavy (non-hydrogen) atoms. The SMILES string of the molecule is CC(C)OCNC(=O)CCl. The van der Waals surface area contributed by atoms with Crippen LogP contribution in [0.2, 0.25) is 0 Å². The Labute approximate surface area is 65.7 Å². The zero-order valence-corrected chi connectivity index (χ0v) is 6.94. The van der Waals surface area contributed by atoms with Crippen LogP contribution in [0.3, 0.4) is 0 Å². The fourth-order valence-corrected chi connectivity index (χ4v) is 0.431. The van der Waals surface area contributed by atoms with Crippen LogP contribution in [0.25, 0.3) is 0 Å². The van der Waals surface area contributed by atoms with E-state index < -0.39 is 0 Å². The fraction of sp³-hybridized carbons (Fsp3) is 0.833. The van der Waals surface area contributed by atoms with E-state index in [2.05, 4.69) is 5.32 Å². The summed E-state index contributed by atoms with van der Waals surface area (Å²) < 4.78 is 5.02. The lowest BCUT2D eigenvalue weighted by Gasteiger charge is -2.06. The molecule has 60 valence electrons. The van der Waals surface area contributed by atoms with Crippen LogP contribution in [0.1, 0.15) is 13.8 Å². The van der Waals surface area contributed by atoms with Crippen LogP contribution in [-0.2, 0) is 9.53 Å². The van der Waals surface area contributed by atoms with Crippen LogP contribution in [0, 0.1) is 0 Å². The van der Waals surface area contributed by atoms with Crippen molar-refractivity contribution in [3.63, 3.8) is 0 Å². The van der Waals surface area contributed by atoms with E-state index in [0.717, 1.165) is 0 Å². The summed E-state index contributed by atoms with van der Waals surface area (Å²) in [6.07, 6.45) is 0.135.